The number of nitrogens with two attached hydrogens (primary N) is 1. The lowest BCUT2D eigenvalue weighted by molar-refractivity contribution is -0.135. The van der Waals surface area contributed by atoms with Crippen LogP contribution in [0.1, 0.15) is 12.8 Å². The van der Waals surface area contributed by atoms with E-state index in [2.05, 4.69) is 22.3 Å². The molecule has 2 saturated heterocycles. The molecule has 27 heavy (non-hydrogen) atoms. The summed E-state index contributed by atoms with van der Waals surface area (Å²) in [7, 11) is 0. The highest BCUT2D eigenvalue weighted by Crippen LogP contribution is 2.18. The monoisotopic (exact) mass is 418 g/mol. The Morgan fingerprint density at radius 1 is 1.04 bits per heavy atom. The summed E-state index contributed by atoms with van der Waals surface area (Å²) in [6.45, 7) is 3.88. The van der Waals surface area contributed by atoms with Crippen LogP contribution in [0.25, 0.3) is 0 Å². The van der Waals surface area contributed by atoms with Gasteiger partial charge in [0.05, 0.1) is 12.1 Å². The van der Waals surface area contributed by atoms with E-state index in [-0.39, 0.29) is 43.2 Å². The average Bonchev–Trinajstić information content (AvgIpc) is 2.67. The largest absolute Gasteiger partial charge is 0.381 e. The fourth-order valence-corrected chi connectivity index (χ4v) is 3.26. The highest BCUT2D eigenvalue weighted by Gasteiger charge is 2.36. The van der Waals surface area contributed by atoms with Crippen molar-refractivity contribution in [3.05, 3.63) is 30.3 Å². The maximum atomic E-state index is 12.4. The fraction of sp³-hybridized carbons (Fsp3) is 0.556. The molecule has 9 heteroatoms. The zero-order valence-electron chi connectivity index (χ0n) is 15.3. The van der Waals surface area contributed by atoms with E-state index in [4.69, 9.17) is 10.5 Å². The number of piperazine rings is 1. The van der Waals surface area contributed by atoms with Crippen LogP contribution in [0.4, 0.5) is 5.69 Å². The smallest absolute Gasteiger partial charge is 0.242 e. The van der Waals surface area contributed by atoms with Crippen molar-refractivity contribution in [2.75, 3.05) is 50.8 Å². The lowest BCUT2D eigenvalue weighted by Gasteiger charge is -2.36. The lowest BCUT2D eigenvalue weighted by atomic mass is 9.90. The Balaban J connectivity index is 0.00000182. The van der Waals surface area contributed by atoms with Gasteiger partial charge in [0.25, 0.3) is 0 Å². The fourth-order valence-electron chi connectivity index (χ4n) is 3.26. The molecule has 0 aromatic heterocycles. The number of nitrogens with zero attached hydrogens (tertiary/aromatic N) is 2. The third kappa shape index (κ3) is 5.97. The summed E-state index contributed by atoms with van der Waals surface area (Å²) in [6.07, 6.45) is 0.978. The second-order valence-corrected chi connectivity index (χ2v) is 6.65. The van der Waals surface area contributed by atoms with Crippen molar-refractivity contribution in [2.24, 2.45) is 5.73 Å². The number of carbonyl (C=O) groups excluding carboxylic acids is 2. The molecule has 0 bridgehead atoms. The molecule has 0 atom stereocenters. The van der Waals surface area contributed by atoms with E-state index in [0.29, 0.717) is 39.1 Å². The van der Waals surface area contributed by atoms with Gasteiger partial charge in [-0.25, -0.2) is 0 Å². The van der Waals surface area contributed by atoms with Crippen molar-refractivity contribution in [3.63, 3.8) is 0 Å². The first-order valence-corrected chi connectivity index (χ1v) is 8.81. The predicted molar refractivity (Wildman–Crippen MR) is 110 cm³/mol. The van der Waals surface area contributed by atoms with E-state index >= 15 is 0 Å². The molecule has 0 aliphatic carbocycles. The van der Waals surface area contributed by atoms with E-state index in [1.165, 1.54) is 5.69 Å². The average molecular weight is 419 g/mol. The third-order valence-electron chi connectivity index (χ3n) is 4.99. The van der Waals surface area contributed by atoms with Crippen LogP contribution in [0.2, 0.25) is 0 Å². The molecule has 1 aromatic rings. The molecule has 0 spiro atoms. The molecule has 0 saturated carbocycles. The van der Waals surface area contributed by atoms with Gasteiger partial charge >= 0.3 is 0 Å². The molecule has 2 amide bonds. The number of hydrogen-bond acceptors (Lipinski definition) is 5. The van der Waals surface area contributed by atoms with Crippen molar-refractivity contribution in [3.8, 4) is 0 Å². The van der Waals surface area contributed by atoms with Crippen molar-refractivity contribution in [1.29, 1.82) is 0 Å². The second-order valence-electron chi connectivity index (χ2n) is 6.65. The molecule has 0 unspecified atom stereocenters. The molecule has 2 heterocycles. The Kier molecular flexibility index (Phi) is 9.32. The van der Waals surface area contributed by atoms with Crippen LogP contribution in [-0.4, -0.2) is 68.2 Å². The molecule has 0 radical (unpaired) electrons. The molecular weight excluding hydrogens is 391 g/mol. The summed E-state index contributed by atoms with van der Waals surface area (Å²) in [4.78, 5) is 28.7. The summed E-state index contributed by atoms with van der Waals surface area (Å²) in [5.74, 6) is -0.316. The van der Waals surface area contributed by atoms with E-state index in [1.807, 2.05) is 18.2 Å². The van der Waals surface area contributed by atoms with Crippen LogP contribution < -0.4 is 16.0 Å². The van der Waals surface area contributed by atoms with Gasteiger partial charge in [-0.1, -0.05) is 18.2 Å². The maximum absolute atomic E-state index is 12.4. The van der Waals surface area contributed by atoms with Crippen molar-refractivity contribution in [1.82, 2.24) is 10.2 Å². The van der Waals surface area contributed by atoms with Gasteiger partial charge in [0.1, 0.15) is 0 Å². The molecule has 1 aromatic carbocycles. The first-order valence-electron chi connectivity index (χ1n) is 8.81. The van der Waals surface area contributed by atoms with Gasteiger partial charge in [0.2, 0.25) is 11.8 Å². The summed E-state index contributed by atoms with van der Waals surface area (Å²) in [5.41, 5.74) is 6.39. The standard InChI is InChI=1S/C18H26N4O3.2ClH/c19-18(6-12-25-13-7-18)17(24)20-14-16(23)22-10-8-21(9-11-22)15-4-2-1-3-5-15;;/h1-5H,6-14,19H2,(H,20,24);2*1H. The van der Waals surface area contributed by atoms with E-state index < -0.39 is 5.54 Å². The zero-order valence-corrected chi connectivity index (χ0v) is 16.9. The number of carbonyl (C=O) groups is 2. The number of halogens is 2. The second kappa shape index (κ2) is 10.7. The molecule has 7 nitrogen and oxygen atoms in total. The number of nitrogens with one attached hydrogen (secondary N) is 1. The van der Waals surface area contributed by atoms with E-state index in [1.54, 1.807) is 4.90 Å². The number of anilines is 1. The van der Waals surface area contributed by atoms with Crippen LogP contribution in [0, 0.1) is 0 Å². The molecule has 3 N–H and O–H groups in total. The third-order valence-corrected chi connectivity index (χ3v) is 4.99. The van der Waals surface area contributed by atoms with E-state index in [9.17, 15) is 9.59 Å². The van der Waals surface area contributed by atoms with Gasteiger partial charge in [0, 0.05) is 45.1 Å². The summed E-state index contributed by atoms with van der Waals surface area (Å²) >= 11 is 0. The molecule has 2 aliphatic rings. The SMILES string of the molecule is Cl.Cl.NC1(C(=O)NCC(=O)N2CCN(c3ccccc3)CC2)CCOCC1. The Bertz CT molecular complexity index is 604. The number of amides is 2. The molecule has 2 aliphatic heterocycles. The number of ether oxygens (including phenoxy) is 1. The number of rotatable bonds is 4. The molecule has 3 rings (SSSR count). The van der Waals surface area contributed by atoms with Gasteiger partial charge in [-0.15, -0.1) is 24.8 Å². The normalized spacial score (nSPS) is 18.7. The van der Waals surface area contributed by atoms with Crippen LogP contribution >= 0.6 is 24.8 Å². The zero-order chi connectivity index (χ0) is 17.7. The van der Waals surface area contributed by atoms with Gasteiger partial charge < -0.3 is 25.6 Å². The van der Waals surface area contributed by atoms with Gasteiger partial charge in [-0.3, -0.25) is 9.59 Å². The van der Waals surface area contributed by atoms with Gasteiger partial charge in [-0.05, 0) is 25.0 Å². The van der Waals surface area contributed by atoms with Crippen molar-refractivity contribution in [2.45, 2.75) is 18.4 Å². The van der Waals surface area contributed by atoms with Gasteiger partial charge in [0.15, 0.2) is 0 Å². The van der Waals surface area contributed by atoms with E-state index in [0.717, 1.165) is 13.1 Å². The number of para-hydroxylation sites is 1. The Morgan fingerprint density at radius 3 is 2.22 bits per heavy atom. The van der Waals surface area contributed by atoms with Crippen LogP contribution in [0.3, 0.4) is 0 Å². The minimum atomic E-state index is -0.912. The van der Waals surface area contributed by atoms with Gasteiger partial charge in [-0.2, -0.15) is 0 Å². The summed E-state index contributed by atoms with van der Waals surface area (Å²) in [5, 5.41) is 2.71. The van der Waals surface area contributed by atoms with Crippen LogP contribution in [-0.2, 0) is 14.3 Å². The molecule has 2 fully saturated rings. The minimum Gasteiger partial charge on any atom is -0.381 e. The topological polar surface area (TPSA) is 87.9 Å². The Labute approximate surface area is 172 Å². The van der Waals surface area contributed by atoms with Crippen molar-refractivity contribution >= 4 is 42.3 Å². The molecule has 152 valence electrons. The first-order chi connectivity index (χ1) is 12.1. The quantitative estimate of drug-likeness (QED) is 0.754. The first kappa shape index (κ1) is 23.5. The summed E-state index contributed by atoms with van der Waals surface area (Å²) in [6, 6.07) is 10.2. The lowest BCUT2D eigenvalue weighted by Crippen LogP contribution is -2.58. The van der Waals surface area contributed by atoms with Crippen molar-refractivity contribution < 1.29 is 14.3 Å². The Morgan fingerprint density at radius 2 is 1.63 bits per heavy atom. The summed E-state index contributed by atoms with van der Waals surface area (Å²) < 4.78 is 5.24. The predicted octanol–water partition coefficient (Wildman–Crippen LogP) is 0.803. The minimum absolute atomic E-state index is 0. The number of hydrogen-bond donors (Lipinski definition) is 2. The number of benzene rings is 1. The van der Waals surface area contributed by atoms with Crippen LogP contribution in [0.15, 0.2) is 30.3 Å². The highest BCUT2D eigenvalue weighted by atomic mass is 35.5. The van der Waals surface area contributed by atoms with Crippen LogP contribution in [0.5, 0.6) is 0 Å². The maximum Gasteiger partial charge on any atom is 0.242 e. The molecular formula is C18H28Cl2N4O3. The Hall–Kier alpha value is -1.54. The highest BCUT2D eigenvalue weighted by molar-refractivity contribution is 5.90.